The van der Waals surface area contributed by atoms with Crippen LogP contribution in [0.2, 0.25) is 0 Å². The third kappa shape index (κ3) is 6.33. The summed E-state index contributed by atoms with van der Waals surface area (Å²) in [7, 11) is 0. The third-order valence-electron chi connectivity index (χ3n) is 6.33. The number of benzene rings is 2. The topological polar surface area (TPSA) is 69.2 Å². The predicted molar refractivity (Wildman–Crippen MR) is 140 cm³/mol. The number of hydrogen-bond donors (Lipinski definition) is 2. The van der Waals surface area contributed by atoms with Crippen molar-refractivity contribution >= 4 is 23.8 Å². The number of H-pyrrole nitrogens is 1. The maximum Gasteiger partial charge on any atom is 0.240 e. The average molecular weight is 479 g/mol. The Morgan fingerprint density at radius 3 is 2.53 bits per heavy atom. The highest BCUT2D eigenvalue weighted by molar-refractivity contribution is 7.71. The van der Waals surface area contributed by atoms with E-state index < -0.39 is 0 Å². The Kier molecular flexibility index (Phi) is 8.13. The Morgan fingerprint density at radius 2 is 1.79 bits per heavy atom. The summed E-state index contributed by atoms with van der Waals surface area (Å²) in [6.07, 6.45) is 2.04. The van der Waals surface area contributed by atoms with Gasteiger partial charge in [-0.05, 0) is 63.1 Å². The van der Waals surface area contributed by atoms with Crippen LogP contribution in [0, 0.1) is 18.6 Å². The van der Waals surface area contributed by atoms with Gasteiger partial charge in [-0.3, -0.25) is 19.4 Å². The summed E-state index contributed by atoms with van der Waals surface area (Å²) in [4.78, 5) is 17.5. The highest BCUT2D eigenvalue weighted by atomic mass is 32.1. The predicted octanol–water partition coefficient (Wildman–Crippen LogP) is 3.94. The molecule has 0 unspecified atom stereocenters. The van der Waals surface area contributed by atoms with E-state index in [0.717, 1.165) is 51.1 Å². The minimum Gasteiger partial charge on any atom is -0.369 e. The van der Waals surface area contributed by atoms with Gasteiger partial charge in [0.25, 0.3) is 0 Å². The molecule has 0 saturated carbocycles. The second-order valence-corrected chi connectivity index (χ2v) is 9.42. The lowest BCUT2D eigenvalue weighted by Gasteiger charge is -2.36. The summed E-state index contributed by atoms with van der Waals surface area (Å²) < 4.78 is 2.21. The Balaban J connectivity index is 1.16. The van der Waals surface area contributed by atoms with Crippen LogP contribution in [-0.4, -0.2) is 64.8 Å². The lowest BCUT2D eigenvalue weighted by atomic mass is 10.1. The number of aromatic nitrogens is 3. The van der Waals surface area contributed by atoms with Crippen LogP contribution >= 0.6 is 12.2 Å². The van der Waals surface area contributed by atoms with Crippen LogP contribution < -0.4 is 10.2 Å². The molecule has 0 aliphatic carbocycles. The van der Waals surface area contributed by atoms with Crippen LogP contribution in [0.3, 0.4) is 0 Å². The van der Waals surface area contributed by atoms with E-state index in [9.17, 15) is 4.79 Å². The smallest absolute Gasteiger partial charge is 0.240 e. The van der Waals surface area contributed by atoms with Crippen molar-refractivity contribution in [1.29, 1.82) is 0 Å². The Morgan fingerprint density at radius 1 is 1.03 bits per heavy atom. The van der Waals surface area contributed by atoms with Crippen LogP contribution in [0.25, 0.3) is 11.4 Å². The number of piperazine rings is 1. The molecule has 0 atom stereocenters. The Labute approximate surface area is 206 Å². The molecule has 8 heteroatoms. The van der Waals surface area contributed by atoms with Crippen molar-refractivity contribution in [2.75, 3.05) is 44.2 Å². The zero-order chi connectivity index (χ0) is 23.9. The number of carbonyl (C=O) groups excluding carboxylic acids is 1. The molecule has 0 bridgehead atoms. The number of nitrogens with one attached hydrogen (secondary N) is 2. The Hall–Kier alpha value is -2.97. The number of amides is 1. The summed E-state index contributed by atoms with van der Waals surface area (Å²) in [5.41, 5.74) is 4.75. The maximum atomic E-state index is 12.5. The zero-order valence-corrected chi connectivity index (χ0v) is 20.9. The van der Waals surface area contributed by atoms with Crippen molar-refractivity contribution in [2.24, 2.45) is 0 Å². The van der Waals surface area contributed by atoms with Gasteiger partial charge in [0, 0.05) is 44.0 Å². The molecule has 2 N–H and O–H groups in total. The van der Waals surface area contributed by atoms with E-state index >= 15 is 0 Å². The molecular weight excluding hydrogens is 444 g/mol. The van der Waals surface area contributed by atoms with Gasteiger partial charge in [-0.15, -0.1) is 0 Å². The molecule has 34 heavy (non-hydrogen) atoms. The van der Waals surface area contributed by atoms with Gasteiger partial charge < -0.3 is 10.2 Å². The van der Waals surface area contributed by atoms with Gasteiger partial charge in [0.2, 0.25) is 5.91 Å². The minimum absolute atomic E-state index is 0.0439. The van der Waals surface area contributed by atoms with Gasteiger partial charge in [-0.2, -0.15) is 5.10 Å². The molecule has 3 aromatic rings. The highest BCUT2D eigenvalue weighted by Crippen LogP contribution is 2.19. The molecule has 0 spiro atoms. The van der Waals surface area contributed by atoms with Crippen molar-refractivity contribution < 1.29 is 4.79 Å². The fourth-order valence-corrected chi connectivity index (χ4v) is 4.53. The molecule has 1 amide bonds. The van der Waals surface area contributed by atoms with Crippen molar-refractivity contribution in [2.45, 2.75) is 33.2 Å². The average Bonchev–Trinajstić information content (AvgIpc) is 3.19. The number of unbranched alkanes of at least 4 members (excludes halogenated alkanes) is 1. The van der Waals surface area contributed by atoms with Crippen LogP contribution in [-0.2, 0) is 11.3 Å². The molecule has 2 aromatic carbocycles. The lowest BCUT2D eigenvalue weighted by molar-refractivity contribution is -0.121. The molecule has 7 nitrogen and oxygen atoms in total. The number of aryl methyl sites for hydroxylation is 2. The molecule has 1 saturated heterocycles. The van der Waals surface area contributed by atoms with E-state index in [1.807, 2.05) is 31.2 Å². The monoisotopic (exact) mass is 478 g/mol. The molecular formula is C26H34N6OS. The standard InChI is InChI=1S/C26H34N6OS/c1-20-8-10-22(11-9-20)25-28-29-26(34)32(25)19-24(33)27-12-3-4-13-30-14-16-31(17-15-30)23-7-5-6-21(2)18-23/h5-11,18H,3-4,12-17,19H2,1-2H3,(H,27,33)(H,29,34). The van der Waals surface area contributed by atoms with Crippen molar-refractivity contribution in [3.63, 3.8) is 0 Å². The molecule has 4 rings (SSSR count). The van der Waals surface area contributed by atoms with Gasteiger partial charge in [0.15, 0.2) is 10.6 Å². The first kappa shape index (κ1) is 24.2. The number of nitrogens with zero attached hydrogens (tertiary/aromatic N) is 4. The van der Waals surface area contributed by atoms with Crippen LogP contribution in [0.1, 0.15) is 24.0 Å². The quantitative estimate of drug-likeness (QED) is 0.360. The fourth-order valence-electron chi connectivity index (χ4n) is 4.33. The normalized spacial score (nSPS) is 14.4. The van der Waals surface area contributed by atoms with E-state index in [2.05, 4.69) is 56.5 Å². The van der Waals surface area contributed by atoms with Crippen molar-refractivity contribution in [1.82, 2.24) is 25.0 Å². The summed E-state index contributed by atoms with van der Waals surface area (Å²) in [6, 6.07) is 16.8. The number of anilines is 1. The van der Waals surface area contributed by atoms with Crippen molar-refractivity contribution in [3.05, 3.63) is 64.4 Å². The second kappa shape index (κ2) is 11.4. The second-order valence-electron chi connectivity index (χ2n) is 9.03. The van der Waals surface area contributed by atoms with Gasteiger partial charge in [-0.1, -0.05) is 42.0 Å². The highest BCUT2D eigenvalue weighted by Gasteiger charge is 2.17. The number of hydrogen-bond acceptors (Lipinski definition) is 5. The first-order chi connectivity index (χ1) is 16.5. The van der Waals surface area contributed by atoms with Crippen LogP contribution in [0.4, 0.5) is 5.69 Å². The zero-order valence-electron chi connectivity index (χ0n) is 20.1. The van der Waals surface area contributed by atoms with Gasteiger partial charge >= 0.3 is 0 Å². The van der Waals surface area contributed by atoms with Crippen molar-refractivity contribution in [3.8, 4) is 11.4 Å². The largest absolute Gasteiger partial charge is 0.369 e. The van der Waals surface area contributed by atoms with Crippen LogP contribution in [0.15, 0.2) is 48.5 Å². The molecule has 1 aliphatic heterocycles. The third-order valence-corrected chi connectivity index (χ3v) is 6.64. The van der Waals surface area contributed by atoms with E-state index in [4.69, 9.17) is 12.2 Å². The fraction of sp³-hybridized carbons (Fsp3) is 0.423. The summed E-state index contributed by atoms with van der Waals surface area (Å²) in [5, 5.41) is 10.2. The van der Waals surface area contributed by atoms with Crippen LogP contribution in [0.5, 0.6) is 0 Å². The number of rotatable bonds is 9. The summed E-state index contributed by atoms with van der Waals surface area (Å²) >= 11 is 5.35. The Bertz CT molecular complexity index is 1140. The van der Waals surface area contributed by atoms with Gasteiger partial charge in [0.05, 0.1) is 0 Å². The molecule has 1 fully saturated rings. The minimum atomic E-state index is -0.0439. The number of aromatic amines is 1. The van der Waals surface area contributed by atoms with Gasteiger partial charge in [0.1, 0.15) is 6.54 Å². The van der Waals surface area contributed by atoms with E-state index in [0.29, 0.717) is 17.1 Å². The molecule has 1 aliphatic rings. The maximum absolute atomic E-state index is 12.5. The molecule has 0 radical (unpaired) electrons. The molecule has 2 heterocycles. The van der Waals surface area contributed by atoms with E-state index in [1.165, 1.54) is 16.8 Å². The summed E-state index contributed by atoms with van der Waals surface area (Å²) in [6.45, 7) is 10.4. The number of carbonyl (C=O) groups is 1. The lowest BCUT2D eigenvalue weighted by Crippen LogP contribution is -2.46. The van der Waals surface area contributed by atoms with E-state index in [-0.39, 0.29) is 12.5 Å². The summed E-state index contributed by atoms with van der Waals surface area (Å²) in [5.74, 6) is 0.641. The first-order valence-electron chi connectivity index (χ1n) is 12.0. The van der Waals surface area contributed by atoms with Gasteiger partial charge in [-0.25, -0.2) is 0 Å². The molecule has 180 valence electrons. The molecule has 1 aromatic heterocycles. The van der Waals surface area contributed by atoms with E-state index in [1.54, 1.807) is 4.57 Å². The first-order valence-corrected chi connectivity index (χ1v) is 12.4. The SMILES string of the molecule is Cc1ccc(-c2n[nH]c(=S)n2CC(=O)NCCCCN2CCN(c3cccc(C)c3)CC2)cc1.